The molecule has 130 valence electrons. The van der Waals surface area contributed by atoms with Gasteiger partial charge in [0.15, 0.2) is 5.78 Å². The van der Waals surface area contributed by atoms with Crippen molar-refractivity contribution in [2.24, 2.45) is 0 Å². The number of imide groups is 1. The number of methoxy groups -OCH3 is 1. The maximum atomic E-state index is 13.0. The van der Waals surface area contributed by atoms with Crippen molar-refractivity contribution in [1.29, 1.82) is 0 Å². The first-order valence-electron chi connectivity index (χ1n) is 7.97. The van der Waals surface area contributed by atoms with Crippen LogP contribution >= 0.6 is 0 Å². The Morgan fingerprint density at radius 1 is 1.20 bits per heavy atom. The second-order valence-electron chi connectivity index (χ2n) is 5.82. The SMILES string of the molecule is CCC1(c2ccc(OC)cc2)NC(=O)N(CC(=O)c2ccc[nH]2)C1=O. The number of nitrogens with zero attached hydrogens (tertiary/aromatic N) is 1. The van der Waals surface area contributed by atoms with Gasteiger partial charge in [-0.3, -0.25) is 14.5 Å². The molecular weight excluding hydrogens is 322 g/mol. The molecule has 1 unspecified atom stereocenters. The highest BCUT2D eigenvalue weighted by Crippen LogP contribution is 2.33. The highest BCUT2D eigenvalue weighted by Gasteiger charge is 2.51. The van der Waals surface area contributed by atoms with Crippen LogP contribution in [-0.4, -0.2) is 41.3 Å². The van der Waals surface area contributed by atoms with Gasteiger partial charge in [0.2, 0.25) is 0 Å². The summed E-state index contributed by atoms with van der Waals surface area (Å²) >= 11 is 0. The van der Waals surface area contributed by atoms with Crippen LogP contribution in [0.2, 0.25) is 0 Å². The molecule has 1 saturated heterocycles. The average Bonchev–Trinajstić information content (AvgIpc) is 3.25. The van der Waals surface area contributed by atoms with Crippen molar-refractivity contribution in [3.8, 4) is 5.75 Å². The van der Waals surface area contributed by atoms with Gasteiger partial charge >= 0.3 is 6.03 Å². The smallest absolute Gasteiger partial charge is 0.325 e. The van der Waals surface area contributed by atoms with Crippen molar-refractivity contribution < 1.29 is 19.1 Å². The summed E-state index contributed by atoms with van der Waals surface area (Å²) in [6, 6.07) is 9.69. The monoisotopic (exact) mass is 341 g/mol. The molecule has 3 amide bonds. The number of rotatable bonds is 6. The molecule has 1 fully saturated rings. The molecule has 1 atom stereocenters. The minimum absolute atomic E-state index is 0.302. The normalized spacial score (nSPS) is 19.8. The third-order valence-electron chi connectivity index (χ3n) is 4.49. The van der Waals surface area contributed by atoms with Gasteiger partial charge in [0, 0.05) is 6.20 Å². The molecular formula is C18H19N3O4. The zero-order valence-electron chi connectivity index (χ0n) is 14.0. The molecule has 0 spiro atoms. The minimum atomic E-state index is -1.17. The Kier molecular flexibility index (Phi) is 4.31. The van der Waals surface area contributed by atoms with E-state index in [-0.39, 0.29) is 12.3 Å². The highest BCUT2D eigenvalue weighted by atomic mass is 16.5. The molecule has 0 aliphatic carbocycles. The fourth-order valence-corrected chi connectivity index (χ4v) is 3.02. The highest BCUT2D eigenvalue weighted by molar-refractivity contribution is 6.11. The van der Waals surface area contributed by atoms with Crippen LogP contribution in [0.4, 0.5) is 4.79 Å². The van der Waals surface area contributed by atoms with E-state index < -0.39 is 17.5 Å². The van der Waals surface area contributed by atoms with Gasteiger partial charge in [0.05, 0.1) is 19.3 Å². The molecule has 0 radical (unpaired) electrons. The molecule has 25 heavy (non-hydrogen) atoms. The number of aromatic amines is 1. The maximum absolute atomic E-state index is 13.0. The minimum Gasteiger partial charge on any atom is -0.497 e. The lowest BCUT2D eigenvalue weighted by molar-refractivity contribution is -0.131. The van der Waals surface area contributed by atoms with Gasteiger partial charge in [-0.25, -0.2) is 4.79 Å². The van der Waals surface area contributed by atoms with E-state index in [1.54, 1.807) is 49.7 Å². The number of nitrogens with one attached hydrogen (secondary N) is 2. The first-order valence-corrected chi connectivity index (χ1v) is 7.97. The number of Topliss-reactive ketones (excluding diaryl/α,β-unsaturated/α-hetero) is 1. The predicted octanol–water partition coefficient (Wildman–Crippen LogP) is 2.06. The lowest BCUT2D eigenvalue weighted by atomic mass is 9.87. The van der Waals surface area contributed by atoms with Crippen LogP contribution in [0.25, 0.3) is 0 Å². The Bertz CT molecular complexity index is 798. The number of H-pyrrole nitrogens is 1. The number of benzene rings is 1. The lowest BCUT2D eigenvalue weighted by Crippen LogP contribution is -2.43. The number of amides is 3. The van der Waals surface area contributed by atoms with Gasteiger partial charge in [-0.15, -0.1) is 0 Å². The Morgan fingerprint density at radius 3 is 2.48 bits per heavy atom. The topological polar surface area (TPSA) is 91.5 Å². The van der Waals surface area contributed by atoms with Crippen molar-refractivity contribution in [2.75, 3.05) is 13.7 Å². The Balaban J connectivity index is 1.88. The van der Waals surface area contributed by atoms with E-state index in [0.29, 0.717) is 23.4 Å². The summed E-state index contributed by atoms with van der Waals surface area (Å²) in [6.07, 6.45) is 1.99. The van der Waals surface area contributed by atoms with E-state index in [4.69, 9.17) is 4.74 Å². The standard InChI is InChI=1S/C18H19N3O4/c1-3-18(12-6-8-13(25-2)9-7-12)16(23)21(17(24)20-18)11-15(22)14-5-4-10-19-14/h4-10,19H,3,11H2,1-2H3,(H,20,24). The second-order valence-corrected chi connectivity index (χ2v) is 5.82. The zero-order chi connectivity index (χ0) is 18.0. The van der Waals surface area contributed by atoms with Crippen LogP contribution in [0.5, 0.6) is 5.75 Å². The quantitative estimate of drug-likeness (QED) is 0.621. The Labute approximate surface area is 145 Å². The van der Waals surface area contributed by atoms with E-state index in [9.17, 15) is 14.4 Å². The first-order chi connectivity index (χ1) is 12.0. The molecule has 0 saturated carbocycles. The number of carbonyl (C=O) groups excluding carboxylic acids is 3. The summed E-state index contributed by atoms with van der Waals surface area (Å²) in [6.45, 7) is 1.52. The first kappa shape index (κ1) is 16.8. The summed E-state index contributed by atoms with van der Waals surface area (Å²) < 4.78 is 5.13. The molecule has 1 aromatic carbocycles. The van der Waals surface area contributed by atoms with Gasteiger partial charge in [-0.1, -0.05) is 19.1 Å². The summed E-state index contributed by atoms with van der Waals surface area (Å²) in [7, 11) is 1.56. The number of ketones is 1. The molecule has 3 rings (SSSR count). The fraction of sp³-hybridized carbons (Fsp3) is 0.278. The van der Waals surface area contributed by atoms with Crippen LogP contribution in [0.1, 0.15) is 29.4 Å². The molecule has 2 N–H and O–H groups in total. The van der Waals surface area contributed by atoms with Crippen molar-refractivity contribution >= 4 is 17.7 Å². The third kappa shape index (κ3) is 2.77. The zero-order valence-corrected chi connectivity index (χ0v) is 14.0. The third-order valence-corrected chi connectivity index (χ3v) is 4.49. The molecule has 7 heteroatoms. The average molecular weight is 341 g/mol. The molecule has 1 aliphatic heterocycles. The summed E-state index contributed by atoms with van der Waals surface area (Å²) in [5, 5.41) is 2.76. The second kappa shape index (κ2) is 6.43. The molecule has 2 heterocycles. The molecule has 2 aromatic rings. The number of hydrogen-bond donors (Lipinski definition) is 2. The maximum Gasteiger partial charge on any atom is 0.325 e. The van der Waals surface area contributed by atoms with Crippen molar-refractivity contribution in [1.82, 2.24) is 15.2 Å². The van der Waals surface area contributed by atoms with Crippen LogP contribution in [0, 0.1) is 0 Å². The predicted molar refractivity (Wildman–Crippen MR) is 90.3 cm³/mol. The van der Waals surface area contributed by atoms with Crippen molar-refractivity contribution in [3.05, 3.63) is 53.9 Å². The van der Waals surface area contributed by atoms with Crippen LogP contribution < -0.4 is 10.1 Å². The van der Waals surface area contributed by atoms with Gasteiger partial charge in [0.1, 0.15) is 11.3 Å². The van der Waals surface area contributed by atoms with E-state index >= 15 is 0 Å². The van der Waals surface area contributed by atoms with Crippen molar-refractivity contribution in [2.45, 2.75) is 18.9 Å². The van der Waals surface area contributed by atoms with Gasteiger partial charge < -0.3 is 15.0 Å². The molecule has 7 nitrogen and oxygen atoms in total. The van der Waals surface area contributed by atoms with Crippen LogP contribution in [0.15, 0.2) is 42.6 Å². The van der Waals surface area contributed by atoms with Crippen molar-refractivity contribution in [3.63, 3.8) is 0 Å². The number of aromatic nitrogens is 1. The van der Waals surface area contributed by atoms with Gasteiger partial charge in [-0.2, -0.15) is 0 Å². The number of hydrogen-bond acceptors (Lipinski definition) is 4. The Morgan fingerprint density at radius 2 is 1.92 bits per heavy atom. The molecule has 0 bridgehead atoms. The summed E-state index contributed by atoms with van der Waals surface area (Å²) in [5.74, 6) is -0.0919. The molecule has 1 aromatic heterocycles. The molecule has 1 aliphatic rings. The number of ether oxygens (including phenoxy) is 1. The van der Waals surface area contributed by atoms with Crippen LogP contribution in [-0.2, 0) is 10.3 Å². The number of carbonyl (C=O) groups is 3. The van der Waals surface area contributed by atoms with Crippen LogP contribution in [0.3, 0.4) is 0 Å². The number of urea groups is 1. The summed E-state index contributed by atoms with van der Waals surface area (Å²) in [4.78, 5) is 41.4. The lowest BCUT2D eigenvalue weighted by Gasteiger charge is -2.25. The van der Waals surface area contributed by atoms with E-state index in [0.717, 1.165) is 4.90 Å². The fourth-order valence-electron chi connectivity index (χ4n) is 3.02. The Hall–Kier alpha value is -3.09. The van der Waals surface area contributed by atoms with Gasteiger partial charge in [0.25, 0.3) is 5.91 Å². The largest absolute Gasteiger partial charge is 0.497 e. The van der Waals surface area contributed by atoms with Gasteiger partial charge in [-0.05, 0) is 36.2 Å². The summed E-state index contributed by atoms with van der Waals surface area (Å²) in [5.41, 5.74) is -0.151. The van der Waals surface area contributed by atoms with E-state index in [1.807, 2.05) is 6.92 Å². The van der Waals surface area contributed by atoms with E-state index in [1.165, 1.54) is 0 Å². The van der Waals surface area contributed by atoms with E-state index in [2.05, 4.69) is 10.3 Å².